The SMILES string of the molecule is B.O=C(O)C(=O)O.P.[LiH]. The van der Waals surface area contributed by atoms with Crippen LogP contribution in [0.15, 0.2) is 0 Å². The first kappa shape index (κ1) is 23.0. The van der Waals surface area contributed by atoms with Gasteiger partial charge in [0.05, 0.1) is 8.41 Å². The predicted molar refractivity (Wildman–Crippen MR) is 43.5 cm³/mol. The molecule has 0 heterocycles. The maximum atomic E-state index is 9.10. The quantitative estimate of drug-likeness (QED) is 0.223. The zero-order valence-corrected chi connectivity index (χ0v) is 4.83. The maximum absolute atomic E-state index is 9.10. The molecule has 50 valence electrons. The molecule has 0 saturated carbocycles. The van der Waals surface area contributed by atoms with Gasteiger partial charge in [-0.15, -0.1) is 0 Å². The molecule has 0 aliphatic rings. The van der Waals surface area contributed by atoms with Crippen molar-refractivity contribution in [2.24, 2.45) is 0 Å². The van der Waals surface area contributed by atoms with Gasteiger partial charge in [0, 0.05) is 0 Å². The third kappa shape index (κ3) is 18.0. The van der Waals surface area contributed by atoms with Gasteiger partial charge in [0.2, 0.25) is 0 Å². The summed E-state index contributed by atoms with van der Waals surface area (Å²) in [5.41, 5.74) is 0. The van der Waals surface area contributed by atoms with Crippen LogP contribution in [0.2, 0.25) is 0 Å². The summed E-state index contributed by atoms with van der Waals surface area (Å²) in [6.07, 6.45) is 0. The first-order valence-electron chi connectivity index (χ1n) is 1.11. The van der Waals surface area contributed by atoms with E-state index in [1.165, 1.54) is 0 Å². The van der Waals surface area contributed by atoms with E-state index < -0.39 is 11.9 Å². The topological polar surface area (TPSA) is 74.6 Å². The zero-order chi connectivity index (χ0) is 5.15. The second-order valence-corrected chi connectivity index (χ2v) is 0.610. The molecule has 0 aliphatic heterocycles. The number of rotatable bonds is 0. The first-order chi connectivity index (χ1) is 2.64. The van der Waals surface area contributed by atoms with E-state index in [0.29, 0.717) is 0 Å². The molecule has 1 atom stereocenters. The molecular formula is C2H9BLiO4P. The molecule has 0 saturated heterocycles. The second kappa shape index (κ2) is 10.9. The van der Waals surface area contributed by atoms with Crippen molar-refractivity contribution in [1.29, 1.82) is 0 Å². The predicted octanol–water partition coefficient (Wildman–Crippen LogP) is -2.62. The number of carboxylic acid groups (broad SMARTS) is 2. The summed E-state index contributed by atoms with van der Waals surface area (Å²) < 4.78 is 0. The molecule has 0 rings (SSSR count). The normalized spacial score (nSPS) is 4.89. The molecule has 0 aromatic heterocycles. The van der Waals surface area contributed by atoms with E-state index in [0.717, 1.165) is 0 Å². The first-order valence-corrected chi connectivity index (χ1v) is 1.11. The molecule has 0 fully saturated rings. The molecule has 1 unspecified atom stereocenters. The van der Waals surface area contributed by atoms with Crippen LogP contribution in [0.25, 0.3) is 0 Å². The van der Waals surface area contributed by atoms with Crippen LogP contribution in [0.4, 0.5) is 0 Å². The minimum absolute atomic E-state index is 0. The Hall–Kier alpha value is 0.0323. The van der Waals surface area contributed by atoms with Crippen LogP contribution >= 0.6 is 9.90 Å². The van der Waals surface area contributed by atoms with E-state index >= 15 is 0 Å². The number of hydrogen-bond donors (Lipinski definition) is 2. The van der Waals surface area contributed by atoms with Gasteiger partial charge in [-0.3, -0.25) is 0 Å². The van der Waals surface area contributed by atoms with Crippen molar-refractivity contribution in [3.63, 3.8) is 0 Å². The minimum atomic E-state index is -1.82. The Labute approximate surface area is 69.4 Å². The summed E-state index contributed by atoms with van der Waals surface area (Å²) in [6.45, 7) is 0. The van der Waals surface area contributed by atoms with E-state index in [9.17, 15) is 0 Å². The van der Waals surface area contributed by atoms with Gasteiger partial charge in [0.1, 0.15) is 0 Å². The molecule has 2 N–H and O–H groups in total. The van der Waals surface area contributed by atoms with Crippen molar-refractivity contribution in [1.82, 2.24) is 0 Å². The number of carbonyl (C=O) groups is 2. The molecule has 0 spiro atoms. The molecule has 7 heteroatoms. The number of aliphatic carboxylic acids is 2. The van der Waals surface area contributed by atoms with E-state index in [1.54, 1.807) is 0 Å². The van der Waals surface area contributed by atoms with Gasteiger partial charge in [-0.2, -0.15) is 9.90 Å². The van der Waals surface area contributed by atoms with Gasteiger partial charge < -0.3 is 10.2 Å². The average molecular weight is 146 g/mol. The Bertz CT molecular complexity index is 84.6. The number of hydrogen-bond acceptors (Lipinski definition) is 2. The van der Waals surface area contributed by atoms with Gasteiger partial charge >= 0.3 is 30.8 Å². The molecule has 0 amide bonds. The number of carboxylic acids is 2. The van der Waals surface area contributed by atoms with E-state index in [2.05, 4.69) is 0 Å². The fraction of sp³-hybridized carbons (Fsp3) is 0. The van der Waals surface area contributed by atoms with Crippen LogP contribution in [0.5, 0.6) is 0 Å². The third-order valence-electron chi connectivity index (χ3n) is 0.183. The van der Waals surface area contributed by atoms with Gasteiger partial charge in [-0.05, 0) is 0 Å². The Kier molecular flexibility index (Phi) is 27.9. The van der Waals surface area contributed by atoms with E-state index in [4.69, 9.17) is 19.8 Å². The van der Waals surface area contributed by atoms with Crippen molar-refractivity contribution in [2.75, 3.05) is 0 Å². The van der Waals surface area contributed by atoms with Crippen molar-refractivity contribution >= 4 is 49.1 Å². The molecule has 0 aliphatic carbocycles. The second-order valence-electron chi connectivity index (χ2n) is 0.610. The zero-order valence-electron chi connectivity index (χ0n) is 3.42. The Morgan fingerprint density at radius 3 is 1.11 bits per heavy atom. The Morgan fingerprint density at radius 2 is 1.11 bits per heavy atom. The van der Waals surface area contributed by atoms with Gasteiger partial charge in [-0.1, -0.05) is 0 Å². The third-order valence-corrected chi connectivity index (χ3v) is 0.183. The summed E-state index contributed by atoms with van der Waals surface area (Å²) in [7, 11) is 0. The molecular weight excluding hydrogens is 137 g/mol. The van der Waals surface area contributed by atoms with Crippen molar-refractivity contribution in [2.45, 2.75) is 0 Å². The van der Waals surface area contributed by atoms with Crippen LogP contribution < -0.4 is 0 Å². The standard InChI is InChI=1S/C2H2O4.BH3.Li.H3P.H/c3-1(4)2(5)6;;;;/h(H,3,4)(H,5,6);1H3;;1H3;. The van der Waals surface area contributed by atoms with Gasteiger partial charge in [0.25, 0.3) is 0 Å². The van der Waals surface area contributed by atoms with Gasteiger partial charge in [0.15, 0.2) is 0 Å². The van der Waals surface area contributed by atoms with Crippen LogP contribution in [-0.4, -0.2) is 49.4 Å². The molecule has 0 bridgehead atoms. The fourth-order valence-electron chi connectivity index (χ4n) is 0. The summed E-state index contributed by atoms with van der Waals surface area (Å²) in [5.74, 6) is -3.65. The van der Waals surface area contributed by atoms with Gasteiger partial charge in [-0.25, -0.2) is 9.59 Å². The van der Waals surface area contributed by atoms with E-state index in [-0.39, 0.29) is 37.2 Å². The fourth-order valence-corrected chi connectivity index (χ4v) is 0. The van der Waals surface area contributed by atoms with Crippen molar-refractivity contribution < 1.29 is 19.8 Å². The molecule has 4 nitrogen and oxygen atoms in total. The molecule has 0 radical (unpaired) electrons. The van der Waals surface area contributed by atoms with Crippen LogP contribution in [0, 0.1) is 0 Å². The van der Waals surface area contributed by atoms with Crippen LogP contribution in [-0.2, 0) is 9.59 Å². The van der Waals surface area contributed by atoms with Crippen LogP contribution in [0.1, 0.15) is 0 Å². The van der Waals surface area contributed by atoms with E-state index in [1.807, 2.05) is 0 Å². The van der Waals surface area contributed by atoms with Crippen molar-refractivity contribution in [3.05, 3.63) is 0 Å². The molecule has 9 heavy (non-hydrogen) atoms. The van der Waals surface area contributed by atoms with Crippen molar-refractivity contribution in [3.8, 4) is 0 Å². The summed E-state index contributed by atoms with van der Waals surface area (Å²) in [4.78, 5) is 18.2. The van der Waals surface area contributed by atoms with Crippen LogP contribution in [0.3, 0.4) is 0 Å². The molecule has 0 aromatic carbocycles. The Balaban J connectivity index is -0.0000000417. The monoisotopic (exact) mass is 146 g/mol. The summed E-state index contributed by atoms with van der Waals surface area (Å²) in [5, 5.41) is 14.8. The summed E-state index contributed by atoms with van der Waals surface area (Å²) in [6, 6.07) is 0. The molecule has 0 aromatic rings. The average Bonchev–Trinajstić information content (AvgIpc) is 1.36. The Morgan fingerprint density at radius 1 is 1.00 bits per heavy atom. The summed E-state index contributed by atoms with van der Waals surface area (Å²) >= 11 is 0.